The maximum absolute atomic E-state index is 8.62. The molecule has 0 aromatic heterocycles. The molecule has 1 N–H and O–H groups in total. The highest BCUT2D eigenvalue weighted by atomic mass is 32.2. The van der Waals surface area contributed by atoms with Crippen LogP contribution in [0.2, 0.25) is 0 Å². The first kappa shape index (κ1) is 8.40. The van der Waals surface area contributed by atoms with Gasteiger partial charge in [-0.1, -0.05) is 23.4 Å². The SMILES string of the molecule is CSC/C(=N/O)C1=CC=CC1. The standard InChI is InChI=1S/C8H11NOS/c1-11-6-8(9-10)7-4-2-3-5-7/h2-4,10H,5-6H2,1H3/b9-8-. The predicted octanol–water partition coefficient (Wildman–Crippen LogP) is 2.07. The fraction of sp³-hybridized carbons (Fsp3) is 0.375. The number of thioether (sulfide) groups is 1. The minimum Gasteiger partial charge on any atom is -0.411 e. The molecule has 0 spiro atoms. The lowest BCUT2D eigenvalue weighted by atomic mass is 10.1. The molecular weight excluding hydrogens is 158 g/mol. The molecule has 0 bridgehead atoms. The minimum atomic E-state index is 0.782. The van der Waals surface area contributed by atoms with Crippen LogP contribution in [0, 0.1) is 0 Å². The first-order valence-corrected chi connectivity index (χ1v) is 4.84. The maximum Gasteiger partial charge on any atom is 0.0929 e. The van der Waals surface area contributed by atoms with Gasteiger partial charge in [0, 0.05) is 5.75 Å². The Bertz CT molecular complexity index is 218. The van der Waals surface area contributed by atoms with Gasteiger partial charge in [-0.05, 0) is 18.2 Å². The highest BCUT2D eigenvalue weighted by Gasteiger charge is 2.07. The number of rotatable bonds is 3. The van der Waals surface area contributed by atoms with Gasteiger partial charge in [-0.3, -0.25) is 0 Å². The lowest BCUT2D eigenvalue weighted by molar-refractivity contribution is 0.319. The highest BCUT2D eigenvalue weighted by molar-refractivity contribution is 7.99. The van der Waals surface area contributed by atoms with Crippen LogP contribution in [0.3, 0.4) is 0 Å². The Balaban J connectivity index is 2.57. The van der Waals surface area contributed by atoms with E-state index in [1.807, 2.05) is 18.4 Å². The zero-order valence-electron chi connectivity index (χ0n) is 6.45. The zero-order valence-corrected chi connectivity index (χ0v) is 7.27. The summed E-state index contributed by atoms with van der Waals surface area (Å²) in [5.41, 5.74) is 1.92. The average molecular weight is 169 g/mol. The van der Waals surface area contributed by atoms with Crippen molar-refractivity contribution in [3.05, 3.63) is 23.8 Å². The molecule has 1 rings (SSSR count). The van der Waals surface area contributed by atoms with Gasteiger partial charge in [-0.15, -0.1) is 0 Å². The van der Waals surface area contributed by atoms with Crippen LogP contribution >= 0.6 is 11.8 Å². The highest BCUT2D eigenvalue weighted by Crippen LogP contribution is 2.14. The first-order valence-electron chi connectivity index (χ1n) is 3.44. The van der Waals surface area contributed by atoms with Gasteiger partial charge in [0.1, 0.15) is 0 Å². The van der Waals surface area contributed by atoms with E-state index >= 15 is 0 Å². The van der Waals surface area contributed by atoms with E-state index in [0.717, 1.165) is 23.5 Å². The van der Waals surface area contributed by atoms with Gasteiger partial charge in [0.2, 0.25) is 0 Å². The summed E-state index contributed by atoms with van der Waals surface area (Å²) in [6, 6.07) is 0. The summed E-state index contributed by atoms with van der Waals surface area (Å²) in [4.78, 5) is 0. The van der Waals surface area contributed by atoms with E-state index in [4.69, 9.17) is 5.21 Å². The lowest BCUT2D eigenvalue weighted by Crippen LogP contribution is -2.04. The summed E-state index contributed by atoms with van der Waals surface area (Å²) < 4.78 is 0. The number of hydrogen-bond acceptors (Lipinski definition) is 3. The van der Waals surface area contributed by atoms with Crippen molar-refractivity contribution in [2.75, 3.05) is 12.0 Å². The quantitative estimate of drug-likeness (QED) is 0.398. The van der Waals surface area contributed by atoms with Crippen LogP contribution in [0.25, 0.3) is 0 Å². The van der Waals surface area contributed by atoms with Crippen molar-refractivity contribution < 1.29 is 5.21 Å². The second-order valence-corrected chi connectivity index (χ2v) is 3.17. The lowest BCUT2D eigenvalue weighted by Gasteiger charge is -2.01. The molecule has 0 aromatic carbocycles. The topological polar surface area (TPSA) is 32.6 Å². The van der Waals surface area contributed by atoms with Crippen molar-refractivity contribution in [2.45, 2.75) is 6.42 Å². The molecule has 0 amide bonds. The summed E-state index contributed by atoms with van der Waals surface area (Å²) in [7, 11) is 0. The van der Waals surface area contributed by atoms with Crippen molar-refractivity contribution >= 4 is 17.5 Å². The van der Waals surface area contributed by atoms with Crippen molar-refractivity contribution in [3.63, 3.8) is 0 Å². The van der Waals surface area contributed by atoms with Gasteiger partial charge in [0.05, 0.1) is 5.71 Å². The molecular formula is C8H11NOS. The van der Waals surface area contributed by atoms with Gasteiger partial charge in [-0.2, -0.15) is 11.8 Å². The third kappa shape index (κ3) is 2.12. The van der Waals surface area contributed by atoms with E-state index in [2.05, 4.69) is 11.2 Å². The summed E-state index contributed by atoms with van der Waals surface area (Å²) in [5, 5.41) is 11.9. The second kappa shape index (κ2) is 4.23. The van der Waals surface area contributed by atoms with Crippen molar-refractivity contribution in [1.29, 1.82) is 0 Å². The first-order chi connectivity index (χ1) is 5.38. The van der Waals surface area contributed by atoms with Crippen molar-refractivity contribution in [2.24, 2.45) is 5.16 Å². The summed E-state index contributed by atoms with van der Waals surface area (Å²) in [6.07, 6.45) is 8.93. The van der Waals surface area contributed by atoms with E-state index in [9.17, 15) is 0 Å². The van der Waals surface area contributed by atoms with Crippen LogP contribution in [-0.4, -0.2) is 22.9 Å². The Hall–Kier alpha value is -0.700. The summed E-state index contributed by atoms with van der Waals surface area (Å²) in [5.74, 6) is 0.782. The smallest absolute Gasteiger partial charge is 0.0929 e. The number of hydrogen-bond donors (Lipinski definition) is 1. The Morgan fingerprint density at radius 2 is 2.64 bits per heavy atom. The van der Waals surface area contributed by atoms with E-state index < -0.39 is 0 Å². The Morgan fingerprint density at radius 3 is 3.09 bits per heavy atom. The number of oxime groups is 1. The van der Waals surface area contributed by atoms with E-state index in [-0.39, 0.29) is 0 Å². The fourth-order valence-corrected chi connectivity index (χ4v) is 1.50. The van der Waals surface area contributed by atoms with Gasteiger partial charge in [0.25, 0.3) is 0 Å². The molecule has 0 saturated heterocycles. The Kier molecular flexibility index (Phi) is 3.23. The van der Waals surface area contributed by atoms with Gasteiger partial charge in [-0.25, -0.2) is 0 Å². The van der Waals surface area contributed by atoms with Crippen LogP contribution in [-0.2, 0) is 0 Å². The van der Waals surface area contributed by atoms with Crippen LogP contribution in [0.15, 0.2) is 29.0 Å². The molecule has 0 aromatic rings. The van der Waals surface area contributed by atoms with Crippen LogP contribution < -0.4 is 0 Å². The second-order valence-electron chi connectivity index (χ2n) is 2.30. The van der Waals surface area contributed by atoms with Crippen LogP contribution in [0.5, 0.6) is 0 Å². The van der Waals surface area contributed by atoms with Gasteiger partial charge < -0.3 is 5.21 Å². The third-order valence-electron chi connectivity index (χ3n) is 1.54. The molecule has 60 valence electrons. The van der Waals surface area contributed by atoms with Crippen molar-refractivity contribution in [1.82, 2.24) is 0 Å². The maximum atomic E-state index is 8.62. The van der Waals surface area contributed by atoms with Gasteiger partial charge in [0.15, 0.2) is 0 Å². The number of nitrogens with zero attached hydrogens (tertiary/aromatic N) is 1. The zero-order chi connectivity index (χ0) is 8.10. The molecule has 0 atom stereocenters. The molecule has 3 heteroatoms. The Labute approximate surface area is 70.7 Å². The normalized spacial score (nSPS) is 17.2. The molecule has 11 heavy (non-hydrogen) atoms. The third-order valence-corrected chi connectivity index (χ3v) is 2.11. The van der Waals surface area contributed by atoms with E-state index in [1.165, 1.54) is 0 Å². The largest absolute Gasteiger partial charge is 0.411 e. The van der Waals surface area contributed by atoms with Crippen LogP contribution in [0.1, 0.15) is 6.42 Å². The summed E-state index contributed by atoms with van der Waals surface area (Å²) >= 11 is 1.66. The average Bonchev–Trinajstić information content (AvgIpc) is 2.52. The molecule has 2 nitrogen and oxygen atoms in total. The summed E-state index contributed by atoms with van der Waals surface area (Å²) in [6.45, 7) is 0. The van der Waals surface area contributed by atoms with E-state index in [1.54, 1.807) is 11.8 Å². The van der Waals surface area contributed by atoms with Crippen molar-refractivity contribution in [3.8, 4) is 0 Å². The molecule has 0 unspecified atom stereocenters. The van der Waals surface area contributed by atoms with Crippen LogP contribution in [0.4, 0.5) is 0 Å². The fourth-order valence-electron chi connectivity index (χ4n) is 0.984. The van der Waals surface area contributed by atoms with E-state index in [0.29, 0.717) is 0 Å². The molecule has 0 heterocycles. The molecule has 0 fully saturated rings. The monoisotopic (exact) mass is 169 g/mol. The number of allylic oxidation sites excluding steroid dienone is 4. The molecule has 0 aliphatic heterocycles. The van der Waals surface area contributed by atoms with Gasteiger partial charge >= 0.3 is 0 Å². The molecule has 1 aliphatic carbocycles. The molecule has 0 radical (unpaired) electrons. The molecule has 1 aliphatic rings. The molecule has 0 saturated carbocycles. The predicted molar refractivity (Wildman–Crippen MR) is 49.4 cm³/mol. The minimum absolute atomic E-state index is 0.782. The Morgan fingerprint density at radius 1 is 1.82 bits per heavy atom.